The topological polar surface area (TPSA) is 128 Å². The van der Waals surface area contributed by atoms with Crippen LogP contribution in [0, 0.1) is 10.1 Å². The van der Waals surface area contributed by atoms with Gasteiger partial charge in [-0.1, -0.05) is 36.4 Å². The zero-order chi connectivity index (χ0) is 21.4. The third-order valence-corrected chi connectivity index (χ3v) is 4.04. The van der Waals surface area contributed by atoms with Crippen LogP contribution in [0.4, 0.5) is 5.69 Å². The molecule has 0 aliphatic rings. The number of esters is 1. The molecule has 2 aromatic rings. The highest BCUT2D eigenvalue weighted by molar-refractivity contribution is 5.97. The number of nitro benzene ring substituents is 1. The Morgan fingerprint density at radius 3 is 2.38 bits per heavy atom. The van der Waals surface area contributed by atoms with Gasteiger partial charge in [0.05, 0.1) is 11.0 Å². The Morgan fingerprint density at radius 2 is 1.72 bits per heavy atom. The maximum Gasteiger partial charge on any atom is 0.328 e. The molecule has 2 N–H and O–H groups in total. The first kappa shape index (κ1) is 21.5. The summed E-state index contributed by atoms with van der Waals surface area (Å²) in [5.41, 5.74) is 0.704. The minimum atomic E-state index is -1.04. The summed E-state index contributed by atoms with van der Waals surface area (Å²) in [6.07, 6.45) is 0. The summed E-state index contributed by atoms with van der Waals surface area (Å²) in [5, 5.41) is 15.9. The maximum absolute atomic E-state index is 12.2. The lowest BCUT2D eigenvalue weighted by Gasteiger charge is -2.16. The van der Waals surface area contributed by atoms with Gasteiger partial charge in [0.15, 0.2) is 6.61 Å². The normalized spacial score (nSPS) is 12.3. The first-order valence-corrected chi connectivity index (χ1v) is 8.84. The number of carbonyl (C=O) groups is 3. The highest BCUT2D eigenvalue weighted by atomic mass is 16.6. The number of rotatable bonds is 8. The van der Waals surface area contributed by atoms with Crippen molar-refractivity contribution in [1.82, 2.24) is 10.6 Å². The van der Waals surface area contributed by atoms with E-state index in [0.29, 0.717) is 0 Å². The monoisotopic (exact) mass is 399 g/mol. The van der Waals surface area contributed by atoms with Crippen molar-refractivity contribution in [1.29, 1.82) is 0 Å². The molecule has 0 aliphatic carbocycles. The van der Waals surface area contributed by atoms with Crippen LogP contribution in [-0.2, 0) is 14.3 Å². The van der Waals surface area contributed by atoms with Crippen molar-refractivity contribution in [3.8, 4) is 0 Å². The number of benzene rings is 2. The largest absolute Gasteiger partial charge is 0.454 e. The van der Waals surface area contributed by atoms with E-state index in [4.69, 9.17) is 4.74 Å². The van der Waals surface area contributed by atoms with E-state index >= 15 is 0 Å². The van der Waals surface area contributed by atoms with Crippen molar-refractivity contribution in [3.05, 3.63) is 75.8 Å². The number of hydrogen-bond donors (Lipinski definition) is 2. The fraction of sp³-hybridized carbons (Fsp3) is 0.250. The molecule has 0 unspecified atom stereocenters. The van der Waals surface area contributed by atoms with Crippen molar-refractivity contribution >= 4 is 23.5 Å². The molecule has 0 aromatic heterocycles. The van der Waals surface area contributed by atoms with Gasteiger partial charge in [0, 0.05) is 17.7 Å². The van der Waals surface area contributed by atoms with Gasteiger partial charge in [-0.2, -0.15) is 0 Å². The number of non-ortho nitro benzene ring substituents is 1. The molecule has 0 radical (unpaired) electrons. The molecule has 0 saturated heterocycles. The van der Waals surface area contributed by atoms with Gasteiger partial charge >= 0.3 is 5.97 Å². The lowest BCUT2D eigenvalue weighted by Crippen LogP contribution is -2.41. The Bertz CT molecular complexity index is 900. The van der Waals surface area contributed by atoms with E-state index in [1.807, 2.05) is 30.3 Å². The van der Waals surface area contributed by atoms with Crippen LogP contribution in [0.15, 0.2) is 54.6 Å². The van der Waals surface area contributed by atoms with Gasteiger partial charge in [0.2, 0.25) is 0 Å². The van der Waals surface area contributed by atoms with Crippen LogP contribution in [0.5, 0.6) is 0 Å². The number of nitrogens with zero attached hydrogens (tertiary/aromatic N) is 1. The van der Waals surface area contributed by atoms with Crippen molar-refractivity contribution in [2.24, 2.45) is 0 Å². The van der Waals surface area contributed by atoms with Crippen LogP contribution in [0.1, 0.15) is 35.8 Å². The molecule has 0 heterocycles. The van der Waals surface area contributed by atoms with Crippen LogP contribution in [0.2, 0.25) is 0 Å². The smallest absolute Gasteiger partial charge is 0.328 e. The molecular weight excluding hydrogens is 378 g/mol. The molecule has 0 spiro atoms. The molecule has 2 rings (SSSR count). The van der Waals surface area contributed by atoms with E-state index in [1.165, 1.54) is 25.1 Å². The number of carbonyl (C=O) groups excluding carboxylic acids is 3. The first-order chi connectivity index (χ1) is 13.8. The van der Waals surface area contributed by atoms with E-state index in [2.05, 4.69) is 10.6 Å². The highest BCUT2D eigenvalue weighted by Gasteiger charge is 2.20. The van der Waals surface area contributed by atoms with E-state index in [1.54, 1.807) is 6.92 Å². The predicted octanol–water partition coefficient (Wildman–Crippen LogP) is 2.13. The second-order valence-electron chi connectivity index (χ2n) is 6.31. The molecule has 9 heteroatoms. The van der Waals surface area contributed by atoms with Crippen molar-refractivity contribution < 1.29 is 24.0 Å². The molecule has 2 amide bonds. The molecule has 9 nitrogen and oxygen atoms in total. The molecule has 2 atom stereocenters. The summed E-state index contributed by atoms with van der Waals surface area (Å²) in [6.45, 7) is 2.70. The number of nitro groups is 1. The third-order valence-electron chi connectivity index (χ3n) is 4.04. The second-order valence-corrected chi connectivity index (χ2v) is 6.31. The summed E-state index contributed by atoms with van der Waals surface area (Å²) < 4.78 is 4.93. The van der Waals surface area contributed by atoms with Crippen LogP contribution >= 0.6 is 0 Å². The van der Waals surface area contributed by atoms with Crippen LogP contribution < -0.4 is 10.6 Å². The van der Waals surface area contributed by atoms with E-state index < -0.39 is 35.4 Å². The Labute approximate surface area is 167 Å². The van der Waals surface area contributed by atoms with Crippen LogP contribution in [0.25, 0.3) is 0 Å². The molecule has 0 fully saturated rings. The number of ether oxygens (including phenoxy) is 1. The maximum atomic E-state index is 12.2. The minimum Gasteiger partial charge on any atom is -0.454 e. The van der Waals surface area contributed by atoms with Gasteiger partial charge in [-0.05, 0) is 25.5 Å². The summed E-state index contributed by atoms with van der Waals surface area (Å²) in [5.74, 6) is -1.95. The van der Waals surface area contributed by atoms with Gasteiger partial charge in [-0.3, -0.25) is 19.7 Å². The zero-order valence-corrected chi connectivity index (χ0v) is 16.0. The average Bonchev–Trinajstić information content (AvgIpc) is 2.72. The molecule has 29 heavy (non-hydrogen) atoms. The summed E-state index contributed by atoms with van der Waals surface area (Å²) in [4.78, 5) is 46.3. The van der Waals surface area contributed by atoms with Crippen molar-refractivity contribution in [3.63, 3.8) is 0 Å². The third kappa shape index (κ3) is 6.42. The van der Waals surface area contributed by atoms with Crippen LogP contribution in [0.3, 0.4) is 0 Å². The van der Waals surface area contributed by atoms with Crippen molar-refractivity contribution in [2.45, 2.75) is 25.9 Å². The van der Waals surface area contributed by atoms with Gasteiger partial charge in [0.25, 0.3) is 17.5 Å². The average molecular weight is 399 g/mol. The second kappa shape index (κ2) is 9.98. The molecule has 152 valence electrons. The Hall–Kier alpha value is -3.75. The Kier molecular flexibility index (Phi) is 7.41. The summed E-state index contributed by atoms with van der Waals surface area (Å²) in [6, 6.07) is 13.1. The van der Waals surface area contributed by atoms with Gasteiger partial charge in [-0.15, -0.1) is 0 Å². The molecule has 2 aromatic carbocycles. The lowest BCUT2D eigenvalue weighted by atomic mass is 10.1. The van der Waals surface area contributed by atoms with E-state index in [9.17, 15) is 24.5 Å². The summed E-state index contributed by atoms with van der Waals surface area (Å²) >= 11 is 0. The van der Waals surface area contributed by atoms with Gasteiger partial charge in [0.1, 0.15) is 6.04 Å². The van der Waals surface area contributed by atoms with Gasteiger partial charge in [-0.25, -0.2) is 4.79 Å². The fourth-order valence-corrected chi connectivity index (χ4v) is 2.47. The SMILES string of the molecule is C[C@H](NC(=O)c1cccc([N+](=O)[O-])c1)C(=O)OCC(=O)N[C@H](C)c1ccccc1. The molecule has 0 bridgehead atoms. The first-order valence-electron chi connectivity index (χ1n) is 8.84. The zero-order valence-electron chi connectivity index (χ0n) is 16.0. The molecule has 0 aliphatic heterocycles. The Morgan fingerprint density at radius 1 is 1.03 bits per heavy atom. The predicted molar refractivity (Wildman–Crippen MR) is 104 cm³/mol. The number of amides is 2. The quantitative estimate of drug-likeness (QED) is 0.398. The molecule has 0 saturated carbocycles. The minimum absolute atomic E-state index is 0.0354. The standard InChI is InChI=1S/C20H21N3O6/c1-13(15-7-4-3-5-8-15)21-18(24)12-29-20(26)14(2)22-19(25)16-9-6-10-17(11-16)23(27)28/h3-11,13-14H,12H2,1-2H3,(H,21,24)(H,22,25)/t13-,14+/m1/s1. The molecular formula is C20H21N3O6. The van der Waals surface area contributed by atoms with E-state index in [-0.39, 0.29) is 17.3 Å². The van der Waals surface area contributed by atoms with Crippen molar-refractivity contribution in [2.75, 3.05) is 6.61 Å². The van der Waals surface area contributed by atoms with Crippen LogP contribution in [-0.4, -0.2) is 35.4 Å². The highest BCUT2D eigenvalue weighted by Crippen LogP contribution is 2.13. The number of hydrogen-bond acceptors (Lipinski definition) is 6. The van der Waals surface area contributed by atoms with Gasteiger partial charge < -0.3 is 15.4 Å². The number of nitrogens with one attached hydrogen (secondary N) is 2. The fourth-order valence-electron chi connectivity index (χ4n) is 2.47. The Balaban J connectivity index is 1.82. The van der Waals surface area contributed by atoms with E-state index in [0.717, 1.165) is 11.6 Å². The summed E-state index contributed by atoms with van der Waals surface area (Å²) in [7, 11) is 0. The lowest BCUT2D eigenvalue weighted by molar-refractivity contribution is -0.384.